The summed E-state index contributed by atoms with van der Waals surface area (Å²) in [5.41, 5.74) is 3.38. The highest BCUT2D eigenvalue weighted by Crippen LogP contribution is 2.44. The first-order valence-electron chi connectivity index (χ1n) is 7.42. The number of thiazole rings is 1. The zero-order valence-corrected chi connectivity index (χ0v) is 13.0. The molecule has 3 rings (SSSR count). The molecule has 1 aliphatic rings. The summed E-state index contributed by atoms with van der Waals surface area (Å²) in [4.78, 5) is 10.9. The molecule has 0 aromatic carbocycles. The van der Waals surface area contributed by atoms with Gasteiger partial charge in [0.25, 0.3) is 0 Å². The zero-order valence-electron chi connectivity index (χ0n) is 12.1. The van der Waals surface area contributed by atoms with Crippen molar-refractivity contribution in [3.63, 3.8) is 0 Å². The molecule has 1 N–H and O–H groups in total. The first-order chi connectivity index (χ1) is 9.78. The number of nitrogens with one attached hydrogen (secondary N) is 1. The molecule has 0 radical (unpaired) electrons. The maximum Gasteiger partial charge on any atom is 0.142 e. The molecule has 0 atom stereocenters. The Labute approximate surface area is 124 Å². The number of rotatable bonds is 6. The summed E-state index contributed by atoms with van der Waals surface area (Å²) < 4.78 is 0. The molecule has 20 heavy (non-hydrogen) atoms. The minimum absolute atomic E-state index is 0.697. The van der Waals surface area contributed by atoms with Crippen molar-refractivity contribution in [3.8, 4) is 10.7 Å². The molecule has 1 saturated carbocycles. The minimum Gasteiger partial charge on any atom is -0.312 e. The molecule has 0 bridgehead atoms. The Kier molecular flexibility index (Phi) is 4.13. The maximum absolute atomic E-state index is 4.88. The highest BCUT2D eigenvalue weighted by Gasteiger charge is 2.29. The maximum atomic E-state index is 4.88. The summed E-state index contributed by atoms with van der Waals surface area (Å²) in [6, 6.07) is 6.15. The Morgan fingerprint density at radius 2 is 2.15 bits per heavy atom. The van der Waals surface area contributed by atoms with Crippen molar-refractivity contribution < 1.29 is 0 Å². The van der Waals surface area contributed by atoms with Crippen LogP contribution in [-0.2, 0) is 6.54 Å². The van der Waals surface area contributed by atoms with Gasteiger partial charge in [-0.05, 0) is 44.9 Å². The van der Waals surface area contributed by atoms with Crippen LogP contribution < -0.4 is 5.32 Å². The molecule has 3 nitrogen and oxygen atoms in total. The molecule has 0 saturated heterocycles. The third-order valence-corrected chi connectivity index (χ3v) is 4.61. The summed E-state index contributed by atoms with van der Waals surface area (Å²) >= 11 is 1.80. The molecule has 4 heteroatoms. The monoisotopic (exact) mass is 287 g/mol. The van der Waals surface area contributed by atoms with E-state index in [-0.39, 0.29) is 0 Å². The quantitative estimate of drug-likeness (QED) is 0.819. The average Bonchev–Trinajstić information content (AvgIpc) is 3.20. The molecule has 1 fully saturated rings. The Morgan fingerprint density at radius 1 is 1.30 bits per heavy atom. The Hall–Kier alpha value is -1.26. The lowest BCUT2D eigenvalue weighted by molar-refractivity contribution is 0.676. The summed E-state index contributed by atoms with van der Waals surface area (Å²) in [5.74, 6) is 0.697. The largest absolute Gasteiger partial charge is 0.312 e. The Balaban J connectivity index is 1.86. The molecule has 0 unspecified atom stereocenters. The molecule has 2 aromatic rings. The second kappa shape index (κ2) is 6.02. The van der Waals surface area contributed by atoms with Gasteiger partial charge >= 0.3 is 0 Å². The first kappa shape index (κ1) is 13.7. The zero-order chi connectivity index (χ0) is 13.9. The van der Waals surface area contributed by atoms with Crippen molar-refractivity contribution in [2.75, 3.05) is 6.54 Å². The van der Waals surface area contributed by atoms with Crippen molar-refractivity contribution in [2.45, 2.75) is 45.6 Å². The van der Waals surface area contributed by atoms with Crippen molar-refractivity contribution in [1.29, 1.82) is 0 Å². The van der Waals surface area contributed by atoms with Gasteiger partial charge < -0.3 is 5.32 Å². The van der Waals surface area contributed by atoms with Crippen LogP contribution in [-0.4, -0.2) is 16.5 Å². The van der Waals surface area contributed by atoms with E-state index in [1.165, 1.54) is 29.8 Å². The summed E-state index contributed by atoms with van der Waals surface area (Å²) in [7, 11) is 0. The molecule has 0 aliphatic heterocycles. The van der Waals surface area contributed by atoms with E-state index in [0.717, 1.165) is 29.5 Å². The van der Waals surface area contributed by atoms with Crippen LogP contribution in [0.2, 0.25) is 0 Å². The number of nitrogens with zero attached hydrogens (tertiary/aromatic N) is 2. The topological polar surface area (TPSA) is 37.8 Å². The SMILES string of the molecule is CCCNCc1sc(-c2cccc(C)n2)nc1C1CC1. The third kappa shape index (κ3) is 3.07. The number of pyridine rings is 1. The van der Waals surface area contributed by atoms with Gasteiger partial charge in [0.15, 0.2) is 0 Å². The standard InChI is InChI=1S/C16H21N3S/c1-3-9-17-10-14-15(12-7-8-12)19-16(20-14)13-6-4-5-11(2)18-13/h4-6,12,17H,3,7-10H2,1-2H3. The van der Waals surface area contributed by atoms with E-state index >= 15 is 0 Å². The van der Waals surface area contributed by atoms with Crippen LogP contribution in [0.5, 0.6) is 0 Å². The van der Waals surface area contributed by atoms with E-state index in [9.17, 15) is 0 Å². The number of aryl methyl sites for hydroxylation is 1. The first-order valence-corrected chi connectivity index (χ1v) is 8.24. The lowest BCUT2D eigenvalue weighted by Crippen LogP contribution is -2.13. The predicted octanol–water partition coefficient (Wildman–Crippen LogP) is 3.89. The van der Waals surface area contributed by atoms with Crippen molar-refractivity contribution in [1.82, 2.24) is 15.3 Å². The smallest absolute Gasteiger partial charge is 0.142 e. The van der Waals surface area contributed by atoms with Crippen LogP contribution in [0.4, 0.5) is 0 Å². The lowest BCUT2D eigenvalue weighted by atomic mass is 10.2. The minimum atomic E-state index is 0.697. The second-order valence-corrected chi connectivity index (χ2v) is 6.53. The van der Waals surface area contributed by atoms with Gasteiger partial charge in [0.1, 0.15) is 5.01 Å². The Bertz CT molecular complexity index is 587. The highest BCUT2D eigenvalue weighted by atomic mass is 32.1. The van der Waals surface area contributed by atoms with Gasteiger partial charge in [0.2, 0.25) is 0 Å². The van der Waals surface area contributed by atoms with E-state index in [4.69, 9.17) is 4.98 Å². The van der Waals surface area contributed by atoms with Gasteiger partial charge in [-0.1, -0.05) is 13.0 Å². The van der Waals surface area contributed by atoms with Crippen molar-refractivity contribution in [2.24, 2.45) is 0 Å². The molecule has 0 spiro atoms. The normalized spacial score (nSPS) is 14.7. The number of hydrogen-bond acceptors (Lipinski definition) is 4. The lowest BCUT2D eigenvalue weighted by Gasteiger charge is -2.01. The van der Waals surface area contributed by atoms with E-state index in [2.05, 4.69) is 29.4 Å². The van der Waals surface area contributed by atoms with Crippen LogP contribution >= 0.6 is 11.3 Å². The second-order valence-electron chi connectivity index (χ2n) is 5.44. The molecule has 1 aliphatic carbocycles. The summed E-state index contributed by atoms with van der Waals surface area (Å²) in [6.45, 7) is 6.25. The van der Waals surface area contributed by atoms with Gasteiger partial charge in [0.05, 0.1) is 11.4 Å². The fraction of sp³-hybridized carbons (Fsp3) is 0.500. The van der Waals surface area contributed by atoms with Gasteiger partial charge in [0, 0.05) is 23.0 Å². The van der Waals surface area contributed by atoms with Gasteiger partial charge in [-0.3, -0.25) is 4.98 Å². The fourth-order valence-corrected chi connectivity index (χ4v) is 3.40. The van der Waals surface area contributed by atoms with E-state index in [1.54, 1.807) is 11.3 Å². The average molecular weight is 287 g/mol. The predicted molar refractivity (Wildman–Crippen MR) is 84.1 cm³/mol. The third-order valence-electron chi connectivity index (χ3n) is 3.51. The number of hydrogen-bond donors (Lipinski definition) is 1. The van der Waals surface area contributed by atoms with Crippen LogP contribution in [0, 0.1) is 6.92 Å². The van der Waals surface area contributed by atoms with Crippen LogP contribution in [0.15, 0.2) is 18.2 Å². The van der Waals surface area contributed by atoms with E-state index in [1.807, 2.05) is 13.0 Å². The molecular formula is C16H21N3S. The van der Waals surface area contributed by atoms with Crippen LogP contribution in [0.1, 0.15) is 48.4 Å². The van der Waals surface area contributed by atoms with Crippen LogP contribution in [0.25, 0.3) is 10.7 Å². The highest BCUT2D eigenvalue weighted by molar-refractivity contribution is 7.15. The summed E-state index contributed by atoms with van der Waals surface area (Å²) in [5, 5.41) is 4.57. The van der Waals surface area contributed by atoms with Crippen molar-refractivity contribution >= 4 is 11.3 Å². The molecule has 2 aromatic heterocycles. The molecule has 106 valence electrons. The van der Waals surface area contributed by atoms with E-state index in [0.29, 0.717) is 5.92 Å². The van der Waals surface area contributed by atoms with Crippen LogP contribution in [0.3, 0.4) is 0 Å². The number of aromatic nitrogens is 2. The fourth-order valence-electron chi connectivity index (χ4n) is 2.32. The molecular weight excluding hydrogens is 266 g/mol. The molecule has 0 amide bonds. The van der Waals surface area contributed by atoms with Gasteiger partial charge in [-0.2, -0.15) is 0 Å². The summed E-state index contributed by atoms with van der Waals surface area (Å²) in [6.07, 6.45) is 3.76. The molecule has 2 heterocycles. The van der Waals surface area contributed by atoms with Gasteiger partial charge in [-0.15, -0.1) is 11.3 Å². The van der Waals surface area contributed by atoms with Crippen molar-refractivity contribution in [3.05, 3.63) is 34.5 Å². The Morgan fingerprint density at radius 3 is 2.85 bits per heavy atom. The van der Waals surface area contributed by atoms with E-state index < -0.39 is 0 Å². The van der Waals surface area contributed by atoms with Gasteiger partial charge in [-0.25, -0.2) is 4.98 Å².